The predicted molar refractivity (Wildman–Crippen MR) is 83.3 cm³/mol. The van der Waals surface area contributed by atoms with Gasteiger partial charge in [-0.15, -0.1) is 0 Å². The minimum Gasteiger partial charge on any atom is -0.478 e. The van der Waals surface area contributed by atoms with E-state index in [1.54, 1.807) is 11.9 Å². The number of para-hydroxylation sites is 2. The summed E-state index contributed by atoms with van der Waals surface area (Å²) in [7, 11) is 1.74. The van der Waals surface area contributed by atoms with Crippen molar-refractivity contribution in [2.45, 2.75) is 13.8 Å². The lowest BCUT2D eigenvalue weighted by atomic mass is 10.0. The first-order chi connectivity index (χ1) is 10.1. The SMILES string of the molecule is C=C1c2nc3ccccc3nc2C(C(=O)O)=CN1C.CC. The number of rotatable bonds is 1. The highest BCUT2D eigenvalue weighted by atomic mass is 16.4. The van der Waals surface area contributed by atoms with Gasteiger partial charge in [0.05, 0.1) is 16.7 Å². The fourth-order valence-electron chi connectivity index (χ4n) is 2.05. The van der Waals surface area contributed by atoms with Crippen molar-refractivity contribution in [2.24, 2.45) is 0 Å². The zero-order valence-corrected chi connectivity index (χ0v) is 12.3. The molecule has 1 aromatic carbocycles. The highest BCUT2D eigenvalue weighted by Gasteiger charge is 2.26. The Morgan fingerprint density at radius 3 is 2.19 bits per heavy atom. The van der Waals surface area contributed by atoms with Gasteiger partial charge in [-0.3, -0.25) is 0 Å². The van der Waals surface area contributed by atoms with Crippen LogP contribution < -0.4 is 0 Å². The summed E-state index contributed by atoms with van der Waals surface area (Å²) < 4.78 is 0. The molecule has 0 bridgehead atoms. The molecule has 0 atom stereocenters. The number of aliphatic carboxylic acids is 1. The van der Waals surface area contributed by atoms with E-state index in [1.165, 1.54) is 6.20 Å². The second kappa shape index (κ2) is 5.75. The summed E-state index contributed by atoms with van der Waals surface area (Å²) in [5.74, 6) is -1.02. The van der Waals surface area contributed by atoms with Gasteiger partial charge in [0.1, 0.15) is 17.0 Å². The Morgan fingerprint density at radius 2 is 1.67 bits per heavy atom. The molecule has 0 spiro atoms. The fraction of sp³-hybridized carbons (Fsp3) is 0.188. The number of nitrogens with zero attached hydrogens (tertiary/aromatic N) is 3. The van der Waals surface area contributed by atoms with Gasteiger partial charge in [0.15, 0.2) is 0 Å². The van der Waals surface area contributed by atoms with Gasteiger partial charge in [-0.05, 0) is 12.1 Å². The molecule has 1 aliphatic rings. The molecule has 0 fully saturated rings. The van der Waals surface area contributed by atoms with Crippen LogP contribution in [-0.2, 0) is 4.79 Å². The largest absolute Gasteiger partial charge is 0.478 e. The molecular formula is C16H17N3O2. The minimum absolute atomic E-state index is 0.128. The van der Waals surface area contributed by atoms with Crippen molar-refractivity contribution in [1.82, 2.24) is 14.9 Å². The quantitative estimate of drug-likeness (QED) is 0.871. The van der Waals surface area contributed by atoms with Crippen LogP contribution in [0.2, 0.25) is 0 Å². The monoisotopic (exact) mass is 283 g/mol. The summed E-state index contributed by atoms with van der Waals surface area (Å²) in [6.07, 6.45) is 1.51. The Morgan fingerprint density at radius 1 is 1.14 bits per heavy atom. The number of benzene rings is 1. The lowest BCUT2D eigenvalue weighted by Crippen LogP contribution is -2.21. The zero-order valence-electron chi connectivity index (χ0n) is 12.3. The zero-order chi connectivity index (χ0) is 15.6. The molecule has 0 unspecified atom stereocenters. The van der Waals surface area contributed by atoms with Gasteiger partial charge in [0.25, 0.3) is 0 Å². The molecule has 0 radical (unpaired) electrons. The first-order valence-electron chi connectivity index (χ1n) is 6.72. The summed E-state index contributed by atoms with van der Waals surface area (Å²) in [4.78, 5) is 21.8. The Balaban J connectivity index is 0.000000774. The van der Waals surface area contributed by atoms with E-state index in [9.17, 15) is 9.90 Å². The number of hydrogen-bond donors (Lipinski definition) is 1. The van der Waals surface area contributed by atoms with Crippen LogP contribution in [0.3, 0.4) is 0 Å². The molecular weight excluding hydrogens is 266 g/mol. The molecule has 3 rings (SSSR count). The first kappa shape index (κ1) is 14.7. The molecule has 108 valence electrons. The molecule has 0 amide bonds. The van der Waals surface area contributed by atoms with Crippen LogP contribution in [0.4, 0.5) is 0 Å². The molecule has 0 saturated heterocycles. The average Bonchev–Trinajstić information content (AvgIpc) is 2.51. The standard InChI is InChI=1S/C14H11N3O2.C2H6/c1-8-12-13(9(14(18)19)7-17(8)2)16-11-6-4-3-5-10(11)15-12;1-2/h3-7H,1H2,2H3,(H,18,19);1-2H3. The van der Waals surface area contributed by atoms with Crippen LogP contribution in [0.5, 0.6) is 0 Å². The highest BCUT2D eigenvalue weighted by Crippen LogP contribution is 2.31. The van der Waals surface area contributed by atoms with Crippen molar-refractivity contribution in [1.29, 1.82) is 0 Å². The second-order valence-electron chi connectivity index (χ2n) is 4.32. The molecule has 0 aliphatic carbocycles. The summed E-state index contributed by atoms with van der Waals surface area (Å²) in [5, 5.41) is 9.27. The third kappa shape index (κ3) is 2.50. The lowest BCUT2D eigenvalue weighted by Gasteiger charge is -2.24. The summed E-state index contributed by atoms with van der Waals surface area (Å²) in [6.45, 7) is 7.92. The Kier molecular flexibility index (Phi) is 4.03. The third-order valence-corrected chi connectivity index (χ3v) is 3.08. The number of carboxylic acid groups (broad SMARTS) is 1. The highest BCUT2D eigenvalue weighted by molar-refractivity contribution is 6.17. The molecule has 1 aliphatic heterocycles. The number of hydrogen-bond acceptors (Lipinski definition) is 4. The van der Waals surface area contributed by atoms with Gasteiger partial charge in [-0.25, -0.2) is 14.8 Å². The van der Waals surface area contributed by atoms with Gasteiger partial charge >= 0.3 is 5.97 Å². The van der Waals surface area contributed by atoms with E-state index in [4.69, 9.17) is 0 Å². The number of fused-ring (bicyclic) bond motifs is 2. The van der Waals surface area contributed by atoms with Crippen LogP contribution in [0, 0.1) is 0 Å². The van der Waals surface area contributed by atoms with Crippen LogP contribution in [0.1, 0.15) is 25.2 Å². The first-order valence-corrected chi connectivity index (χ1v) is 6.72. The van der Waals surface area contributed by atoms with E-state index in [-0.39, 0.29) is 5.57 Å². The van der Waals surface area contributed by atoms with Crippen molar-refractivity contribution in [3.63, 3.8) is 0 Å². The molecule has 5 nitrogen and oxygen atoms in total. The van der Waals surface area contributed by atoms with Crippen LogP contribution in [-0.4, -0.2) is 33.0 Å². The maximum Gasteiger partial charge on any atom is 0.339 e. The molecule has 21 heavy (non-hydrogen) atoms. The fourth-order valence-corrected chi connectivity index (χ4v) is 2.05. The predicted octanol–water partition coefficient (Wildman–Crippen LogP) is 3.00. The van der Waals surface area contributed by atoms with E-state index in [0.717, 1.165) is 5.52 Å². The van der Waals surface area contributed by atoms with Crippen molar-refractivity contribution in [2.75, 3.05) is 7.05 Å². The van der Waals surface area contributed by atoms with Gasteiger partial charge < -0.3 is 10.0 Å². The summed E-state index contributed by atoms with van der Waals surface area (Å²) in [5.41, 5.74) is 3.05. The van der Waals surface area contributed by atoms with Gasteiger partial charge in [0, 0.05) is 13.2 Å². The van der Waals surface area contributed by atoms with Gasteiger partial charge in [-0.1, -0.05) is 32.6 Å². The Labute approximate surface area is 123 Å². The number of carbonyl (C=O) groups is 1. The van der Waals surface area contributed by atoms with Crippen LogP contribution in [0.15, 0.2) is 37.0 Å². The second-order valence-corrected chi connectivity index (χ2v) is 4.32. The molecule has 2 heterocycles. The Hall–Kier alpha value is -2.69. The van der Waals surface area contributed by atoms with E-state index in [2.05, 4.69) is 16.5 Å². The minimum atomic E-state index is -1.02. The van der Waals surface area contributed by atoms with Crippen molar-refractivity contribution < 1.29 is 9.90 Å². The van der Waals surface area contributed by atoms with Crippen LogP contribution >= 0.6 is 0 Å². The maximum atomic E-state index is 11.3. The summed E-state index contributed by atoms with van der Waals surface area (Å²) in [6, 6.07) is 7.36. The topological polar surface area (TPSA) is 66.3 Å². The maximum absolute atomic E-state index is 11.3. The van der Waals surface area contributed by atoms with Gasteiger partial charge in [0.2, 0.25) is 0 Å². The van der Waals surface area contributed by atoms with Crippen molar-refractivity contribution >= 4 is 28.3 Å². The average molecular weight is 283 g/mol. The number of aromatic nitrogens is 2. The van der Waals surface area contributed by atoms with Crippen molar-refractivity contribution in [3.8, 4) is 0 Å². The summed E-state index contributed by atoms with van der Waals surface area (Å²) >= 11 is 0. The van der Waals surface area contributed by atoms with Crippen molar-refractivity contribution in [3.05, 3.63) is 48.4 Å². The smallest absolute Gasteiger partial charge is 0.339 e. The number of carboxylic acids is 1. The van der Waals surface area contributed by atoms with E-state index >= 15 is 0 Å². The normalized spacial score (nSPS) is 13.2. The van der Waals surface area contributed by atoms with E-state index in [1.807, 2.05) is 38.1 Å². The molecule has 0 saturated carbocycles. The van der Waals surface area contributed by atoms with E-state index in [0.29, 0.717) is 22.6 Å². The van der Waals surface area contributed by atoms with E-state index < -0.39 is 5.97 Å². The Bertz CT molecular complexity index is 750. The van der Waals surface area contributed by atoms with Crippen LogP contribution in [0.25, 0.3) is 22.3 Å². The molecule has 1 aromatic heterocycles. The molecule has 2 aromatic rings. The molecule has 5 heteroatoms. The molecule has 1 N–H and O–H groups in total. The third-order valence-electron chi connectivity index (χ3n) is 3.08. The van der Waals surface area contributed by atoms with Gasteiger partial charge in [-0.2, -0.15) is 0 Å². The lowest BCUT2D eigenvalue weighted by molar-refractivity contribution is -0.130.